The number of aliphatic hydroxyl groups excluding tert-OH is 2. The van der Waals surface area contributed by atoms with Gasteiger partial charge in [-0.15, -0.1) is 0 Å². The summed E-state index contributed by atoms with van der Waals surface area (Å²) in [6.07, 6.45) is 0.914. The van der Waals surface area contributed by atoms with Crippen LogP contribution >= 0.6 is 0 Å². The Hall–Kier alpha value is -1.10. The molecule has 1 unspecified atom stereocenters. The summed E-state index contributed by atoms with van der Waals surface area (Å²) in [5.74, 6) is 0. The van der Waals surface area contributed by atoms with Gasteiger partial charge in [-0.05, 0) is 30.5 Å². The van der Waals surface area contributed by atoms with Crippen molar-refractivity contribution < 1.29 is 10.2 Å². The van der Waals surface area contributed by atoms with Gasteiger partial charge in [-0.1, -0.05) is 12.1 Å². The van der Waals surface area contributed by atoms with E-state index in [1.165, 1.54) is 0 Å². The SMILES string of the molecule is Nc1cccc(C(O)CN2CCC(O)CC2)c1. The van der Waals surface area contributed by atoms with Crippen molar-refractivity contribution in [2.45, 2.75) is 25.0 Å². The first kappa shape index (κ1) is 12.4. The number of anilines is 1. The quantitative estimate of drug-likeness (QED) is 0.678. The van der Waals surface area contributed by atoms with Gasteiger partial charge in [0.25, 0.3) is 0 Å². The van der Waals surface area contributed by atoms with Crippen LogP contribution < -0.4 is 5.73 Å². The number of nitrogen functional groups attached to an aromatic ring is 1. The zero-order valence-corrected chi connectivity index (χ0v) is 9.92. The van der Waals surface area contributed by atoms with Gasteiger partial charge < -0.3 is 20.8 Å². The second kappa shape index (κ2) is 5.49. The van der Waals surface area contributed by atoms with Gasteiger partial charge in [0.15, 0.2) is 0 Å². The molecule has 0 bridgehead atoms. The second-order valence-electron chi connectivity index (χ2n) is 4.72. The highest BCUT2D eigenvalue weighted by Gasteiger charge is 2.19. The molecule has 1 saturated heterocycles. The van der Waals surface area contributed by atoms with E-state index in [1.54, 1.807) is 0 Å². The predicted molar refractivity (Wildman–Crippen MR) is 67.5 cm³/mol. The zero-order chi connectivity index (χ0) is 12.3. The second-order valence-corrected chi connectivity index (χ2v) is 4.72. The average Bonchev–Trinajstić information content (AvgIpc) is 2.32. The van der Waals surface area contributed by atoms with E-state index in [1.807, 2.05) is 24.3 Å². The van der Waals surface area contributed by atoms with Crippen LogP contribution in [-0.2, 0) is 0 Å². The Balaban J connectivity index is 1.90. The minimum atomic E-state index is -0.506. The van der Waals surface area contributed by atoms with Gasteiger partial charge in [-0.3, -0.25) is 0 Å². The Morgan fingerprint density at radius 2 is 2.06 bits per heavy atom. The van der Waals surface area contributed by atoms with Gasteiger partial charge in [-0.2, -0.15) is 0 Å². The molecule has 1 aromatic rings. The van der Waals surface area contributed by atoms with E-state index in [9.17, 15) is 10.2 Å². The highest BCUT2D eigenvalue weighted by Crippen LogP contribution is 2.19. The molecule has 4 heteroatoms. The van der Waals surface area contributed by atoms with Crippen molar-refractivity contribution in [1.82, 2.24) is 4.90 Å². The van der Waals surface area contributed by atoms with E-state index in [2.05, 4.69) is 4.90 Å². The average molecular weight is 236 g/mol. The lowest BCUT2D eigenvalue weighted by molar-refractivity contribution is 0.0508. The molecule has 0 spiro atoms. The van der Waals surface area contributed by atoms with Gasteiger partial charge in [-0.25, -0.2) is 0 Å². The van der Waals surface area contributed by atoms with Crippen molar-refractivity contribution >= 4 is 5.69 Å². The minimum absolute atomic E-state index is 0.171. The summed E-state index contributed by atoms with van der Waals surface area (Å²) in [6, 6.07) is 7.37. The van der Waals surface area contributed by atoms with Gasteiger partial charge in [0.2, 0.25) is 0 Å². The summed E-state index contributed by atoms with van der Waals surface area (Å²) in [7, 11) is 0. The lowest BCUT2D eigenvalue weighted by Gasteiger charge is -2.31. The van der Waals surface area contributed by atoms with Crippen molar-refractivity contribution in [3.63, 3.8) is 0 Å². The summed E-state index contributed by atoms with van der Waals surface area (Å²) < 4.78 is 0. The minimum Gasteiger partial charge on any atom is -0.399 e. The van der Waals surface area contributed by atoms with E-state index >= 15 is 0 Å². The molecule has 0 radical (unpaired) electrons. The topological polar surface area (TPSA) is 69.7 Å². The number of benzene rings is 1. The highest BCUT2D eigenvalue weighted by molar-refractivity contribution is 5.41. The Labute approximate surface area is 102 Å². The Kier molecular flexibility index (Phi) is 3.99. The third kappa shape index (κ3) is 3.43. The third-order valence-electron chi connectivity index (χ3n) is 3.28. The molecule has 1 aromatic carbocycles. The number of likely N-dealkylation sites (tertiary alicyclic amines) is 1. The summed E-state index contributed by atoms with van der Waals surface area (Å²) in [6.45, 7) is 2.30. The van der Waals surface area contributed by atoms with E-state index in [0.717, 1.165) is 31.5 Å². The molecule has 1 aliphatic rings. The van der Waals surface area contributed by atoms with E-state index in [0.29, 0.717) is 12.2 Å². The molecule has 2 rings (SSSR count). The fourth-order valence-corrected chi connectivity index (χ4v) is 2.22. The van der Waals surface area contributed by atoms with Crippen LogP contribution in [-0.4, -0.2) is 40.9 Å². The zero-order valence-electron chi connectivity index (χ0n) is 9.92. The van der Waals surface area contributed by atoms with Crippen LogP contribution in [0.1, 0.15) is 24.5 Å². The van der Waals surface area contributed by atoms with Gasteiger partial charge >= 0.3 is 0 Å². The van der Waals surface area contributed by atoms with E-state index < -0.39 is 6.10 Å². The molecule has 0 aliphatic carbocycles. The third-order valence-corrected chi connectivity index (χ3v) is 3.28. The van der Waals surface area contributed by atoms with E-state index in [-0.39, 0.29) is 6.10 Å². The fourth-order valence-electron chi connectivity index (χ4n) is 2.22. The molecular formula is C13H20N2O2. The number of β-amino-alcohol motifs (C(OH)–C–C–N with tert-alkyl or cyclic N) is 1. The fraction of sp³-hybridized carbons (Fsp3) is 0.538. The number of rotatable bonds is 3. The van der Waals surface area contributed by atoms with Crippen LogP contribution in [0.25, 0.3) is 0 Å². The molecule has 94 valence electrons. The Bertz CT molecular complexity index is 362. The normalized spacial score (nSPS) is 20.4. The maximum Gasteiger partial charge on any atom is 0.0917 e. The first-order valence-electron chi connectivity index (χ1n) is 6.09. The maximum absolute atomic E-state index is 10.1. The lowest BCUT2D eigenvalue weighted by Crippen LogP contribution is -2.38. The number of piperidine rings is 1. The van der Waals surface area contributed by atoms with Crippen molar-refractivity contribution in [1.29, 1.82) is 0 Å². The van der Waals surface area contributed by atoms with Crippen LogP contribution in [0.4, 0.5) is 5.69 Å². The smallest absolute Gasteiger partial charge is 0.0917 e. The largest absolute Gasteiger partial charge is 0.399 e. The summed E-state index contributed by atoms with van der Waals surface area (Å²) >= 11 is 0. The molecule has 0 aromatic heterocycles. The first-order chi connectivity index (χ1) is 8.15. The molecule has 1 atom stereocenters. The molecule has 1 aliphatic heterocycles. The Morgan fingerprint density at radius 3 is 2.71 bits per heavy atom. The molecule has 4 N–H and O–H groups in total. The molecule has 4 nitrogen and oxygen atoms in total. The molecule has 1 fully saturated rings. The van der Waals surface area contributed by atoms with Crippen LogP contribution in [0.2, 0.25) is 0 Å². The molecule has 0 amide bonds. The van der Waals surface area contributed by atoms with Gasteiger partial charge in [0, 0.05) is 25.3 Å². The van der Waals surface area contributed by atoms with Crippen molar-refractivity contribution in [2.24, 2.45) is 0 Å². The number of hydrogen-bond donors (Lipinski definition) is 3. The molecule has 1 heterocycles. The monoisotopic (exact) mass is 236 g/mol. The van der Waals surface area contributed by atoms with Gasteiger partial charge in [0.1, 0.15) is 0 Å². The molecule has 0 saturated carbocycles. The van der Waals surface area contributed by atoms with Crippen LogP contribution in [0, 0.1) is 0 Å². The van der Waals surface area contributed by atoms with Crippen molar-refractivity contribution in [3.05, 3.63) is 29.8 Å². The number of nitrogens with two attached hydrogens (primary N) is 1. The Morgan fingerprint density at radius 1 is 1.35 bits per heavy atom. The van der Waals surface area contributed by atoms with Gasteiger partial charge in [0.05, 0.1) is 12.2 Å². The number of nitrogens with zero attached hydrogens (tertiary/aromatic N) is 1. The lowest BCUT2D eigenvalue weighted by atomic mass is 10.0. The molecule has 17 heavy (non-hydrogen) atoms. The maximum atomic E-state index is 10.1. The number of aliphatic hydroxyl groups is 2. The molecular weight excluding hydrogens is 216 g/mol. The highest BCUT2D eigenvalue weighted by atomic mass is 16.3. The standard InChI is InChI=1S/C13H20N2O2/c14-11-3-1-2-10(8-11)13(17)9-15-6-4-12(16)5-7-15/h1-3,8,12-13,16-17H,4-7,9,14H2. The van der Waals surface area contributed by atoms with E-state index in [4.69, 9.17) is 5.73 Å². The number of hydrogen-bond acceptors (Lipinski definition) is 4. The van der Waals surface area contributed by atoms with Crippen LogP contribution in [0.5, 0.6) is 0 Å². The summed E-state index contributed by atoms with van der Waals surface area (Å²) in [5, 5.41) is 19.5. The van der Waals surface area contributed by atoms with Crippen LogP contribution in [0.15, 0.2) is 24.3 Å². The summed E-state index contributed by atoms with van der Waals surface area (Å²) in [5.41, 5.74) is 7.22. The first-order valence-corrected chi connectivity index (χ1v) is 6.09. The van der Waals surface area contributed by atoms with Crippen LogP contribution in [0.3, 0.4) is 0 Å². The predicted octanol–water partition coefficient (Wildman–Crippen LogP) is 0.759. The van der Waals surface area contributed by atoms with Crippen molar-refractivity contribution in [2.75, 3.05) is 25.4 Å². The van der Waals surface area contributed by atoms with Crippen molar-refractivity contribution in [3.8, 4) is 0 Å². The summed E-state index contributed by atoms with van der Waals surface area (Å²) in [4.78, 5) is 2.18.